The van der Waals surface area contributed by atoms with Gasteiger partial charge >= 0.3 is 0 Å². The van der Waals surface area contributed by atoms with Gasteiger partial charge in [-0.05, 0) is 12.8 Å². The van der Waals surface area contributed by atoms with E-state index < -0.39 is 0 Å². The Bertz CT molecular complexity index is 204. The minimum atomic E-state index is 0.621. The van der Waals surface area contributed by atoms with Crippen LogP contribution in [0.25, 0.3) is 0 Å². The summed E-state index contributed by atoms with van der Waals surface area (Å²) in [6, 6.07) is 0. The maximum Gasteiger partial charge on any atom is 0.0611 e. The van der Waals surface area contributed by atoms with Crippen LogP contribution in [-0.4, -0.2) is 15.6 Å². The second-order valence-corrected chi connectivity index (χ2v) is 9.86. The van der Waals surface area contributed by atoms with Crippen LogP contribution in [0.4, 0.5) is 0 Å². The molecule has 1 fully saturated rings. The SMILES string of the molecule is CCCCCCCCC1(CCCCCCCC)SCCS1. The molecule has 1 rings (SSSR count). The first kappa shape index (κ1) is 19.7. The van der Waals surface area contributed by atoms with Crippen molar-refractivity contribution >= 4 is 23.5 Å². The summed E-state index contributed by atoms with van der Waals surface area (Å²) in [5.74, 6) is 2.80. The number of hydrogen-bond acceptors (Lipinski definition) is 2. The van der Waals surface area contributed by atoms with E-state index in [0.29, 0.717) is 4.08 Å². The molecule has 126 valence electrons. The molecule has 0 aliphatic carbocycles. The Morgan fingerprint density at radius 2 is 0.952 bits per heavy atom. The molecule has 1 aliphatic rings. The fraction of sp³-hybridized carbons (Fsp3) is 1.00. The Balaban J connectivity index is 2.09. The quantitative estimate of drug-likeness (QED) is 0.300. The third kappa shape index (κ3) is 9.43. The van der Waals surface area contributed by atoms with Gasteiger partial charge in [-0.1, -0.05) is 90.9 Å². The van der Waals surface area contributed by atoms with Crippen LogP contribution in [0.2, 0.25) is 0 Å². The average molecular weight is 331 g/mol. The summed E-state index contributed by atoms with van der Waals surface area (Å²) < 4.78 is 0.621. The average Bonchev–Trinajstić information content (AvgIpc) is 2.96. The summed E-state index contributed by atoms with van der Waals surface area (Å²) in [6.45, 7) is 4.61. The van der Waals surface area contributed by atoms with Gasteiger partial charge in [0.15, 0.2) is 0 Å². The van der Waals surface area contributed by atoms with E-state index in [9.17, 15) is 0 Å². The van der Waals surface area contributed by atoms with E-state index in [1.165, 1.54) is 101 Å². The van der Waals surface area contributed by atoms with E-state index in [-0.39, 0.29) is 0 Å². The Hall–Kier alpha value is 0.700. The first-order valence-electron chi connectivity index (χ1n) is 9.61. The van der Waals surface area contributed by atoms with Crippen molar-refractivity contribution in [3.05, 3.63) is 0 Å². The van der Waals surface area contributed by atoms with Crippen molar-refractivity contribution in [1.29, 1.82) is 0 Å². The molecule has 0 radical (unpaired) electrons. The molecular weight excluding hydrogens is 292 g/mol. The Kier molecular flexibility index (Phi) is 12.4. The van der Waals surface area contributed by atoms with Crippen LogP contribution in [0.1, 0.15) is 104 Å². The summed E-state index contributed by atoms with van der Waals surface area (Å²) in [5.41, 5.74) is 0. The zero-order chi connectivity index (χ0) is 15.2. The van der Waals surface area contributed by atoms with E-state index in [1.807, 2.05) is 0 Å². The summed E-state index contributed by atoms with van der Waals surface area (Å²) in [4.78, 5) is 0. The highest BCUT2D eigenvalue weighted by Crippen LogP contribution is 2.50. The molecule has 2 heteroatoms. The van der Waals surface area contributed by atoms with Crippen molar-refractivity contribution in [2.24, 2.45) is 0 Å². The van der Waals surface area contributed by atoms with Crippen LogP contribution in [0, 0.1) is 0 Å². The Morgan fingerprint density at radius 1 is 0.571 bits per heavy atom. The predicted octanol–water partition coefficient (Wildman–Crippen LogP) is 7.66. The highest BCUT2D eigenvalue weighted by atomic mass is 32.2. The maximum atomic E-state index is 2.31. The standard InChI is InChI=1S/C19H38S2/c1-3-5-7-9-11-13-15-19(20-17-18-21-19)16-14-12-10-8-6-4-2/h3-18H2,1-2H3. The molecule has 0 nitrogen and oxygen atoms in total. The third-order valence-electron chi connectivity index (χ3n) is 4.64. The number of thioether (sulfide) groups is 2. The van der Waals surface area contributed by atoms with Crippen LogP contribution in [0.15, 0.2) is 0 Å². The van der Waals surface area contributed by atoms with Gasteiger partial charge < -0.3 is 0 Å². The number of rotatable bonds is 14. The highest BCUT2D eigenvalue weighted by Gasteiger charge is 2.34. The minimum Gasteiger partial charge on any atom is -0.143 e. The number of hydrogen-bond donors (Lipinski definition) is 0. The molecule has 0 spiro atoms. The second-order valence-electron chi connectivity index (χ2n) is 6.64. The van der Waals surface area contributed by atoms with Crippen molar-refractivity contribution < 1.29 is 0 Å². The molecule has 0 saturated carbocycles. The van der Waals surface area contributed by atoms with Gasteiger partial charge in [0.25, 0.3) is 0 Å². The van der Waals surface area contributed by atoms with Crippen molar-refractivity contribution in [3.8, 4) is 0 Å². The van der Waals surface area contributed by atoms with Crippen LogP contribution in [-0.2, 0) is 0 Å². The van der Waals surface area contributed by atoms with Gasteiger partial charge in [-0.2, -0.15) is 0 Å². The zero-order valence-electron chi connectivity index (χ0n) is 14.6. The molecule has 0 unspecified atom stereocenters. The molecule has 0 aromatic rings. The van der Waals surface area contributed by atoms with Crippen LogP contribution in [0.3, 0.4) is 0 Å². The first-order valence-corrected chi connectivity index (χ1v) is 11.6. The van der Waals surface area contributed by atoms with Gasteiger partial charge in [-0.25, -0.2) is 0 Å². The largest absolute Gasteiger partial charge is 0.143 e. The van der Waals surface area contributed by atoms with Gasteiger partial charge in [-0.3, -0.25) is 0 Å². The fourth-order valence-corrected chi connectivity index (χ4v) is 6.66. The van der Waals surface area contributed by atoms with Crippen LogP contribution in [0.5, 0.6) is 0 Å². The highest BCUT2D eigenvalue weighted by molar-refractivity contribution is 8.21. The van der Waals surface area contributed by atoms with E-state index in [4.69, 9.17) is 0 Å². The molecule has 0 aromatic carbocycles. The van der Waals surface area contributed by atoms with E-state index in [2.05, 4.69) is 37.4 Å². The smallest absolute Gasteiger partial charge is 0.0611 e. The van der Waals surface area contributed by atoms with Gasteiger partial charge in [0, 0.05) is 11.5 Å². The van der Waals surface area contributed by atoms with Crippen molar-refractivity contribution in [2.45, 2.75) is 108 Å². The van der Waals surface area contributed by atoms with Crippen LogP contribution < -0.4 is 0 Å². The lowest BCUT2D eigenvalue weighted by molar-refractivity contribution is 0.526. The topological polar surface area (TPSA) is 0 Å². The molecule has 0 aromatic heterocycles. The molecule has 0 amide bonds. The maximum absolute atomic E-state index is 2.31. The van der Waals surface area contributed by atoms with Gasteiger partial charge in [0.1, 0.15) is 0 Å². The first-order chi connectivity index (χ1) is 10.3. The van der Waals surface area contributed by atoms with Crippen molar-refractivity contribution in [3.63, 3.8) is 0 Å². The van der Waals surface area contributed by atoms with Gasteiger partial charge in [0.05, 0.1) is 4.08 Å². The summed E-state index contributed by atoms with van der Waals surface area (Å²) in [7, 11) is 0. The molecule has 0 N–H and O–H groups in total. The molecule has 0 bridgehead atoms. The summed E-state index contributed by atoms with van der Waals surface area (Å²) >= 11 is 4.58. The fourth-order valence-electron chi connectivity index (χ4n) is 3.26. The Labute approximate surface area is 143 Å². The number of unbranched alkanes of at least 4 members (excludes halogenated alkanes) is 10. The lowest BCUT2D eigenvalue weighted by Gasteiger charge is -2.27. The lowest BCUT2D eigenvalue weighted by Crippen LogP contribution is -2.16. The van der Waals surface area contributed by atoms with E-state index in [0.717, 1.165) is 0 Å². The van der Waals surface area contributed by atoms with Gasteiger partial charge in [0.2, 0.25) is 0 Å². The Morgan fingerprint density at radius 3 is 1.38 bits per heavy atom. The minimum absolute atomic E-state index is 0.621. The molecule has 1 aliphatic heterocycles. The molecule has 1 saturated heterocycles. The van der Waals surface area contributed by atoms with E-state index >= 15 is 0 Å². The third-order valence-corrected chi connectivity index (χ3v) is 8.29. The molecule has 1 heterocycles. The molecule has 21 heavy (non-hydrogen) atoms. The van der Waals surface area contributed by atoms with E-state index in [1.54, 1.807) is 0 Å². The molecular formula is C19H38S2. The monoisotopic (exact) mass is 330 g/mol. The van der Waals surface area contributed by atoms with Crippen molar-refractivity contribution in [2.75, 3.05) is 11.5 Å². The predicted molar refractivity (Wildman–Crippen MR) is 104 cm³/mol. The zero-order valence-corrected chi connectivity index (χ0v) is 16.3. The van der Waals surface area contributed by atoms with Gasteiger partial charge in [-0.15, -0.1) is 23.5 Å². The lowest BCUT2D eigenvalue weighted by atomic mass is 10.0. The van der Waals surface area contributed by atoms with Crippen LogP contribution >= 0.6 is 23.5 Å². The van der Waals surface area contributed by atoms with Crippen molar-refractivity contribution in [1.82, 2.24) is 0 Å². The summed E-state index contributed by atoms with van der Waals surface area (Å²) in [5, 5.41) is 0. The normalized spacial score (nSPS) is 17.4. The second kappa shape index (κ2) is 13.2. The molecule has 0 atom stereocenters. The summed E-state index contributed by atoms with van der Waals surface area (Å²) in [6.07, 6.45) is 20.3.